The quantitative estimate of drug-likeness (QED) is 0.859. The molecule has 0 saturated carbocycles. The van der Waals surface area contributed by atoms with Crippen molar-refractivity contribution in [1.29, 1.82) is 0 Å². The molecule has 0 radical (unpaired) electrons. The maximum Gasteiger partial charge on any atom is 0.223 e. The van der Waals surface area contributed by atoms with Gasteiger partial charge >= 0.3 is 0 Å². The van der Waals surface area contributed by atoms with Gasteiger partial charge in [-0.1, -0.05) is 0 Å². The van der Waals surface area contributed by atoms with Crippen LogP contribution in [-0.4, -0.2) is 43.5 Å². The molecule has 26 heavy (non-hydrogen) atoms. The van der Waals surface area contributed by atoms with Gasteiger partial charge in [0.1, 0.15) is 0 Å². The molecule has 1 saturated heterocycles. The van der Waals surface area contributed by atoms with Crippen molar-refractivity contribution < 1.29 is 4.79 Å². The smallest absolute Gasteiger partial charge is 0.223 e. The molecule has 7 nitrogen and oxygen atoms in total. The molecule has 0 aliphatic carbocycles. The zero-order valence-electron chi connectivity index (χ0n) is 16.4. The number of carbonyl (C=O) groups excluding carboxylic acids is 1. The third kappa shape index (κ3) is 3.67. The van der Waals surface area contributed by atoms with E-state index in [9.17, 15) is 4.79 Å². The zero-order chi connectivity index (χ0) is 18.8. The highest BCUT2D eigenvalue weighted by Gasteiger charge is 2.36. The summed E-state index contributed by atoms with van der Waals surface area (Å²) in [5.74, 6) is 0.607. The Hall–Kier alpha value is -2.15. The second-order valence-corrected chi connectivity index (χ2v) is 7.33. The van der Waals surface area contributed by atoms with Crippen LogP contribution in [0.5, 0.6) is 0 Å². The maximum absolute atomic E-state index is 12.4. The molecule has 0 bridgehead atoms. The van der Waals surface area contributed by atoms with Gasteiger partial charge in [-0.05, 0) is 39.2 Å². The third-order valence-corrected chi connectivity index (χ3v) is 5.50. The van der Waals surface area contributed by atoms with Crippen molar-refractivity contribution in [2.45, 2.75) is 45.7 Å². The van der Waals surface area contributed by atoms with Crippen LogP contribution in [0.3, 0.4) is 0 Å². The van der Waals surface area contributed by atoms with Gasteiger partial charge in [-0.3, -0.25) is 14.2 Å². The molecule has 1 aliphatic rings. The van der Waals surface area contributed by atoms with E-state index in [4.69, 9.17) is 0 Å². The van der Waals surface area contributed by atoms with Gasteiger partial charge in [-0.2, -0.15) is 10.2 Å². The van der Waals surface area contributed by atoms with Crippen molar-refractivity contribution in [3.05, 3.63) is 35.4 Å². The fourth-order valence-electron chi connectivity index (χ4n) is 3.88. The van der Waals surface area contributed by atoms with E-state index in [1.165, 1.54) is 0 Å². The van der Waals surface area contributed by atoms with Crippen molar-refractivity contribution in [2.24, 2.45) is 20.0 Å². The van der Waals surface area contributed by atoms with E-state index in [0.29, 0.717) is 12.3 Å². The molecule has 0 spiro atoms. The minimum Gasteiger partial charge on any atom is -0.335 e. The van der Waals surface area contributed by atoms with Crippen LogP contribution in [-0.2, 0) is 18.9 Å². The van der Waals surface area contributed by atoms with Crippen LogP contribution in [0.1, 0.15) is 55.7 Å². The van der Waals surface area contributed by atoms with E-state index < -0.39 is 0 Å². The van der Waals surface area contributed by atoms with Gasteiger partial charge in [-0.15, -0.1) is 0 Å². The number of piperidine rings is 1. The normalized spacial score (nSPS) is 22.0. The number of nitrogens with zero attached hydrogens (tertiary/aromatic N) is 5. The number of rotatable bonds is 6. The number of hydrogen-bond acceptors (Lipinski definition) is 4. The number of likely N-dealkylation sites (tertiary alicyclic amines) is 1. The highest BCUT2D eigenvalue weighted by Crippen LogP contribution is 2.36. The van der Waals surface area contributed by atoms with E-state index in [0.717, 1.165) is 36.5 Å². The molecule has 1 aliphatic heterocycles. The van der Waals surface area contributed by atoms with Gasteiger partial charge in [0.25, 0.3) is 0 Å². The fourth-order valence-corrected chi connectivity index (χ4v) is 3.88. The summed E-state index contributed by atoms with van der Waals surface area (Å²) < 4.78 is 3.72. The van der Waals surface area contributed by atoms with E-state index in [2.05, 4.69) is 42.4 Å². The molecule has 3 heterocycles. The number of aromatic nitrogens is 4. The van der Waals surface area contributed by atoms with Gasteiger partial charge in [0.15, 0.2) is 0 Å². The number of nitrogens with one attached hydrogen (secondary N) is 1. The molecule has 1 unspecified atom stereocenters. The predicted octanol–water partition coefficient (Wildman–Crippen LogP) is 2.11. The summed E-state index contributed by atoms with van der Waals surface area (Å²) in [6.07, 6.45) is 5.44. The second kappa shape index (κ2) is 7.61. The summed E-state index contributed by atoms with van der Waals surface area (Å²) in [6, 6.07) is 2.39. The van der Waals surface area contributed by atoms with Crippen LogP contribution >= 0.6 is 0 Å². The lowest BCUT2D eigenvalue weighted by molar-refractivity contribution is -0.138. The number of aryl methyl sites for hydroxylation is 3. The molecule has 0 aromatic carbocycles. The third-order valence-electron chi connectivity index (χ3n) is 5.50. The summed E-state index contributed by atoms with van der Waals surface area (Å²) in [5.41, 5.74) is 3.33. The van der Waals surface area contributed by atoms with Crippen molar-refractivity contribution in [3.63, 3.8) is 0 Å². The maximum atomic E-state index is 12.4. The highest BCUT2D eigenvalue weighted by atomic mass is 16.2. The summed E-state index contributed by atoms with van der Waals surface area (Å²) in [5, 5.41) is 12.5. The largest absolute Gasteiger partial charge is 0.335 e. The van der Waals surface area contributed by atoms with Crippen molar-refractivity contribution in [1.82, 2.24) is 29.8 Å². The average Bonchev–Trinajstić information content (AvgIpc) is 3.19. The minimum absolute atomic E-state index is 0.0834. The van der Waals surface area contributed by atoms with Crippen LogP contribution < -0.4 is 5.32 Å². The Bertz CT molecular complexity index is 744. The Balaban J connectivity index is 1.74. The first-order chi connectivity index (χ1) is 12.4. The first-order valence-electron chi connectivity index (χ1n) is 9.42. The molecule has 2 aromatic heterocycles. The van der Waals surface area contributed by atoms with Crippen LogP contribution in [0.25, 0.3) is 0 Å². The van der Waals surface area contributed by atoms with Crippen LogP contribution in [0.15, 0.2) is 18.5 Å². The van der Waals surface area contributed by atoms with Crippen LogP contribution in [0.2, 0.25) is 0 Å². The van der Waals surface area contributed by atoms with E-state index in [1.807, 2.05) is 40.8 Å². The monoisotopic (exact) mass is 358 g/mol. The SMILES string of the molecule is CCN1C(=O)CC[C@H](CNC(C)c2cc(C)n(C)n2)[C@H]1c1cnn(C)c1. The lowest BCUT2D eigenvalue weighted by atomic mass is 9.85. The van der Waals surface area contributed by atoms with E-state index in [1.54, 1.807) is 0 Å². The fraction of sp³-hybridized carbons (Fsp3) is 0.632. The predicted molar refractivity (Wildman–Crippen MR) is 100 cm³/mol. The lowest BCUT2D eigenvalue weighted by Crippen LogP contribution is -2.45. The van der Waals surface area contributed by atoms with Crippen molar-refractivity contribution >= 4 is 5.91 Å². The van der Waals surface area contributed by atoms with Crippen molar-refractivity contribution in [2.75, 3.05) is 13.1 Å². The molecule has 2 aromatic rings. The summed E-state index contributed by atoms with van der Waals surface area (Å²) >= 11 is 0. The Morgan fingerprint density at radius 1 is 1.38 bits per heavy atom. The number of amides is 1. The van der Waals surface area contributed by atoms with E-state index in [-0.39, 0.29) is 18.0 Å². The molecular formula is C19H30N6O. The van der Waals surface area contributed by atoms with Crippen LogP contribution in [0.4, 0.5) is 0 Å². The first-order valence-corrected chi connectivity index (χ1v) is 9.42. The van der Waals surface area contributed by atoms with E-state index >= 15 is 0 Å². The molecule has 1 amide bonds. The molecule has 1 N–H and O–H groups in total. The summed E-state index contributed by atoms with van der Waals surface area (Å²) in [6.45, 7) is 7.83. The molecule has 7 heteroatoms. The zero-order valence-corrected chi connectivity index (χ0v) is 16.4. The molecule has 3 rings (SSSR count). The number of carbonyl (C=O) groups is 1. The molecular weight excluding hydrogens is 328 g/mol. The average molecular weight is 358 g/mol. The standard InChI is InChI=1S/C19H30N6O/c1-6-25-18(26)8-7-15(19(25)16-11-21-23(4)12-16)10-20-14(3)17-9-13(2)24(5)22-17/h9,11-12,14-15,19-20H,6-8,10H2,1-5H3/t14?,15-,19+/m1/s1. The second-order valence-electron chi connectivity index (χ2n) is 7.33. The highest BCUT2D eigenvalue weighted by molar-refractivity contribution is 5.77. The topological polar surface area (TPSA) is 68.0 Å². The molecule has 1 fully saturated rings. The minimum atomic E-state index is 0.0834. The van der Waals surface area contributed by atoms with Gasteiger partial charge in [0.05, 0.1) is 17.9 Å². The lowest BCUT2D eigenvalue weighted by Gasteiger charge is -2.41. The van der Waals surface area contributed by atoms with Gasteiger partial charge in [0, 0.05) is 57.1 Å². The summed E-state index contributed by atoms with van der Waals surface area (Å²) in [4.78, 5) is 14.4. The van der Waals surface area contributed by atoms with Gasteiger partial charge in [0.2, 0.25) is 5.91 Å². The number of hydrogen-bond donors (Lipinski definition) is 1. The Morgan fingerprint density at radius 3 is 2.73 bits per heavy atom. The molecule has 3 atom stereocenters. The Labute approximate surface area is 155 Å². The van der Waals surface area contributed by atoms with Gasteiger partial charge < -0.3 is 10.2 Å². The Kier molecular flexibility index (Phi) is 5.46. The van der Waals surface area contributed by atoms with Crippen molar-refractivity contribution in [3.8, 4) is 0 Å². The Morgan fingerprint density at radius 2 is 2.15 bits per heavy atom. The van der Waals surface area contributed by atoms with Gasteiger partial charge in [-0.25, -0.2) is 0 Å². The summed E-state index contributed by atoms with van der Waals surface area (Å²) in [7, 11) is 3.89. The first kappa shape index (κ1) is 18.6. The van der Waals surface area contributed by atoms with Crippen LogP contribution in [0, 0.1) is 12.8 Å². The molecule has 142 valence electrons.